The second kappa shape index (κ2) is 6.58. The Morgan fingerprint density at radius 3 is 2.68 bits per heavy atom. The Labute approximate surface area is 137 Å². The lowest BCUT2D eigenvalue weighted by atomic mass is 10.1. The largest absolute Gasteiger partial charge is 0.349 e. The van der Waals surface area contributed by atoms with E-state index in [-0.39, 0.29) is 25.2 Å². The molecule has 22 heavy (non-hydrogen) atoms. The van der Waals surface area contributed by atoms with Crippen LogP contribution in [-0.2, 0) is 9.59 Å². The van der Waals surface area contributed by atoms with Gasteiger partial charge in [-0.15, -0.1) is 0 Å². The van der Waals surface area contributed by atoms with Crippen LogP contribution in [0.15, 0.2) is 22.7 Å². The summed E-state index contributed by atoms with van der Waals surface area (Å²) in [5.41, 5.74) is 1.00. The first-order valence-electron chi connectivity index (χ1n) is 7.06. The van der Waals surface area contributed by atoms with Gasteiger partial charge < -0.3 is 10.2 Å². The molecule has 1 unspecified atom stereocenters. The van der Waals surface area contributed by atoms with Gasteiger partial charge in [-0.2, -0.15) is 0 Å². The molecule has 118 valence electrons. The maximum absolute atomic E-state index is 12.1. The lowest BCUT2D eigenvalue weighted by Crippen LogP contribution is -3.12. The Bertz CT molecular complexity index is 630. The fourth-order valence-electron chi connectivity index (χ4n) is 2.40. The first-order valence-corrected chi connectivity index (χ1v) is 7.85. The van der Waals surface area contributed by atoms with Gasteiger partial charge in [-0.05, 0) is 32.0 Å². The molecule has 1 aliphatic heterocycles. The van der Waals surface area contributed by atoms with Gasteiger partial charge in [0.05, 0.1) is 18.3 Å². The average Bonchev–Trinajstić information content (AvgIpc) is 2.62. The highest BCUT2D eigenvalue weighted by Crippen LogP contribution is 2.30. The average molecular weight is 369 g/mol. The third kappa shape index (κ3) is 3.53. The van der Waals surface area contributed by atoms with Crippen LogP contribution in [0.25, 0.3) is 0 Å². The number of likely N-dealkylation sites (N-methyl/N-ethyl adjacent to an activating group) is 1. The molecule has 6 nitrogen and oxygen atoms in total. The number of anilines is 1. The van der Waals surface area contributed by atoms with Crippen molar-refractivity contribution in [2.24, 2.45) is 0 Å². The van der Waals surface area contributed by atoms with Gasteiger partial charge in [0.25, 0.3) is 11.7 Å². The summed E-state index contributed by atoms with van der Waals surface area (Å²) in [6, 6.07) is 5.26. The van der Waals surface area contributed by atoms with Crippen LogP contribution >= 0.6 is 15.9 Å². The number of hydrogen-bond acceptors (Lipinski definition) is 3. The van der Waals surface area contributed by atoms with Crippen molar-refractivity contribution in [3.63, 3.8) is 0 Å². The number of fused-ring (bicyclic) bond motifs is 1. The van der Waals surface area contributed by atoms with Crippen molar-refractivity contribution in [1.29, 1.82) is 0 Å². The number of nitrogens with zero attached hydrogens (tertiary/aromatic N) is 1. The smallest absolute Gasteiger partial charge is 0.303 e. The standard InChI is InChI=1S/C15H18BrN3O3/c1-9(2)17-13(20)7-18(3)8-19-12-5-4-10(16)6-11(12)14(21)15(19)22/h4-6,9H,7-8H2,1-3H3,(H,17,20)/p+1. The molecule has 0 saturated heterocycles. The summed E-state index contributed by atoms with van der Waals surface area (Å²) in [7, 11) is 1.81. The fraction of sp³-hybridized carbons (Fsp3) is 0.400. The van der Waals surface area contributed by atoms with Gasteiger partial charge in [0, 0.05) is 10.5 Å². The molecule has 1 atom stereocenters. The van der Waals surface area contributed by atoms with E-state index >= 15 is 0 Å². The highest BCUT2D eigenvalue weighted by Gasteiger charge is 2.37. The molecule has 0 bridgehead atoms. The monoisotopic (exact) mass is 368 g/mol. The molecular weight excluding hydrogens is 350 g/mol. The number of carbonyl (C=O) groups is 3. The van der Waals surface area contributed by atoms with Gasteiger partial charge in [0.1, 0.15) is 0 Å². The number of rotatable bonds is 5. The van der Waals surface area contributed by atoms with E-state index in [1.165, 1.54) is 4.90 Å². The van der Waals surface area contributed by atoms with Gasteiger partial charge in [-0.1, -0.05) is 15.9 Å². The highest BCUT2D eigenvalue weighted by molar-refractivity contribution is 9.10. The van der Waals surface area contributed by atoms with Gasteiger partial charge in [-0.3, -0.25) is 19.3 Å². The van der Waals surface area contributed by atoms with Gasteiger partial charge in [0.15, 0.2) is 13.2 Å². The molecule has 1 aliphatic rings. The number of halogens is 1. The van der Waals surface area contributed by atoms with Gasteiger partial charge in [0.2, 0.25) is 0 Å². The van der Waals surface area contributed by atoms with Crippen molar-refractivity contribution in [2.45, 2.75) is 19.9 Å². The first-order chi connectivity index (χ1) is 10.3. The molecule has 2 amide bonds. The van der Waals surface area contributed by atoms with Crippen LogP contribution in [-0.4, -0.2) is 43.9 Å². The number of Topliss-reactive ketones (excluding diaryl/α,β-unsaturated/α-hetero) is 1. The summed E-state index contributed by atoms with van der Waals surface area (Å²) in [5, 5.41) is 2.81. The Hall–Kier alpha value is -1.73. The van der Waals surface area contributed by atoms with Crippen molar-refractivity contribution >= 4 is 39.2 Å². The van der Waals surface area contributed by atoms with Crippen molar-refractivity contribution < 1.29 is 19.3 Å². The maximum atomic E-state index is 12.1. The van der Waals surface area contributed by atoms with Crippen LogP contribution in [0.5, 0.6) is 0 Å². The van der Waals surface area contributed by atoms with E-state index < -0.39 is 11.7 Å². The van der Waals surface area contributed by atoms with Crippen LogP contribution < -0.4 is 15.1 Å². The molecule has 0 aliphatic carbocycles. The van der Waals surface area contributed by atoms with E-state index in [2.05, 4.69) is 21.2 Å². The topological polar surface area (TPSA) is 70.9 Å². The van der Waals surface area contributed by atoms with E-state index in [0.717, 1.165) is 9.37 Å². The quantitative estimate of drug-likeness (QED) is 0.717. The lowest BCUT2D eigenvalue weighted by Gasteiger charge is -2.21. The maximum Gasteiger partial charge on any atom is 0.303 e. The van der Waals surface area contributed by atoms with E-state index in [1.807, 2.05) is 20.9 Å². The van der Waals surface area contributed by atoms with Crippen molar-refractivity contribution in [3.05, 3.63) is 28.2 Å². The molecule has 7 heteroatoms. The Morgan fingerprint density at radius 1 is 1.36 bits per heavy atom. The SMILES string of the molecule is CC(C)NC(=O)C[NH+](C)CN1C(=O)C(=O)c2cc(Br)ccc21. The minimum absolute atomic E-state index is 0.0772. The van der Waals surface area contributed by atoms with Crippen LogP contribution in [0, 0.1) is 0 Å². The summed E-state index contributed by atoms with van der Waals surface area (Å²) in [6.45, 7) is 4.29. The van der Waals surface area contributed by atoms with E-state index in [0.29, 0.717) is 11.3 Å². The normalized spacial score (nSPS) is 15.2. The first kappa shape index (κ1) is 16.6. The van der Waals surface area contributed by atoms with Gasteiger partial charge in [-0.25, -0.2) is 0 Å². The van der Waals surface area contributed by atoms with Crippen LogP contribution in [0.3, 0.4) is 0 Å². The zero-order valence-corrected chi connectivity index (χ0v) is 14.4. The number of benzene rings is 1. The summed E-state index contributed by atoms with van der Waals surface area (Å²) in [4.78, 5) is 38.2. The summed E-state index contributed by atoms with van der Waals surface area (Å²) >= 11 is 3.30. The predicted octanol–water partition coefficient (Wildman–Crippen LogP) is -0.0248. The lowest BCUT2D eigenvalue weighted by molar-refractivity contribution is -0.869. The molecule has 2 rings (SSSR count). The summed E-state index contributed by atoms with van der Waals surface area (Å²) in [5.74, 6) is -1.13. The molecule has 1 aromatic carbocycles. The van der Waals surface area contributed by atoms with Crippen LogP contribution in [0.4, 0.5) is 5.69 Å². The third-order valence-corrected chi connectivity index (χ3v) is 3.77. The van der Waals surface area contributed by atoms with Crippen molar-refractivity contribution in [3.8, 4) is 0 Å². The number of quaternary nitrogens is 1. The second-order valence-corrected chi connectivity index (χ2v) is 6.65. The van der Waals surface area contributed by atoms with E-state index in [9.17, 15) is 14.4 Å². The molecule has 1 heterocycles. The molecule has 1 aromatic rings. The Kier molecular flexibility index (Phi) is 4.97. The van der Waals surface area contributed by atoms with Crippen molar-refractivity contribution in [1.82, 2.24) is 5.32 Å². The van der Waals surface area contributed by atoms with Crippen LogP contribution in [0.2, 0.25) is 0 Å². The third-order valence-electron chi connectivity index (χ3n) is 3.27. The molecule has 0 spiro atoms. The van der Waals surface area contributed by atoms with Gasteiger partial charge >= 0.3 is 5.91 Å². The van der Waals surface area contributed by atoms with E-state index in [4.69, 9.17) is 0 Å². The van der Waals surface area contributed by atoms with Crippen LogP contribution in [0.1, 0.15) is 24.2 Å². The molecule has 0 fully saturated rings. The van der Waals surface area contributed by atoms with E-state index in [1.54, 1.807) is 18.2 Å². The number of ketones is 1. The molecule has 0 aromatic heterocycles. The second-order valence-electron chi connectivity index (χ2n) is 5.74. The number of carbonyl (C=O) groups excluding carboxylic acids is 3. The number of amides is 2. The zero-order chi connectivity index (χ0) is 16.4. The molecule has 2 N–H and O–H groups in total. The molecule has 0 saturated carbocycles. The van der Waals surface area contributed by atoms with Crippen molar-refractivity contribution in [2.75, 3.05) is 25.2 Å². The number of nitrogens with one attached hydrogen (secondary N) is 2. The Balaban J connectivity index is 2.09. The minimum Gasteiger partial charge on any atom is -0.349 e. The fourth-order valence-corrected chi connectivity index (χ4v) is 2.76. The zero-order valence-electron chi connectivity index (χ0n) is 12.8. The minimum atomic E-state index is -0.545. The summed E-state index contributed by atoms with van der Waals surface area (Å²) in [6.07, 6.45) is 0. The highest BCUT2D eigenvalue weighted by atomic mass is 79.9. The predicted molar refractivity (Wildman–Crippen MR) is 85.9 cm³/mol. The molecule has 0 radical (unpaired) electrons. The Morgan fingerprint density at radius 2 is 2.05 bits per heavy atom. The summed E-state index contributed by atoms with van der Waals surface area (Å²) < 4.78 is 0.756. The number of hydrogen-bond donors (Lipinski definition) is 2. The molecular formula is C15H19BrN3O3+.